The molecule has 0 aliphatic carbocycles. The van der Waals surface area contributed by atoms with E-state index in [0.29, 0.717) is 0 Å². The summed E-state index contributed by atoms with van der Waals surface area (Å²) < 4.78 is 69.5. The van der Waals surface area contributed by atoms with E-state index in [-0.39, 0.29) is 32.2 Å². The molecular weight excluding hydrogens is 573 g/mol. The molecule has 0 aliphatic heterocycles. The Kier molecular flexibility index (Phi) is 7.12. The summed E-state index contributed by atoms with van der Waals surface area (Å²) >= 11 is 6.08. The summed E-state index contributed by atoms with van der Waals surface area (Å²) in [5.74, 6) is -0.571. The summed E-state index contributed by atoms with van der Waals surface area (Å²) in [6.45, 7) is -1.47. The molecule has 2 aromatic heterocycles. The Morgan fingerprint density at radius 2 is 1.91 bits per heavy atom. The standard InChI is InChI=1S/C18H12Br2F5N5O2/c1-8(27-15(31)9-4-10(18(23,24)25)6-11(19)5-9)14-28-16(20)29-30(14)13-3-2-12(7-26-13)32-17(21)22/h2-8,17H,1H3,(H,27,31). The minimum atomic E-state index is -4.62. The van der Waals surface area contributed by atoms with E-state index in [2.05, 4.69) is 57.0 Å². The van der Waals surface area contributed by atoms with Crippen LogP contribution in [0, 0.1) is 0 Å². The molecule has 32 heavy (non-hydrogen) atoms. The number of ether oxygens (including phenoxy) is 1. The molecule has 1 N–H and O–H groups in total. The van der Waals surface area contributed by atoms with E-state index in [1.807, 2.05) is 0 Å². The van der Waals surface area contributed by atoms with Crippen LogP contribution in [0.3, 0.4) is 0 Å². The monoisotopic (exact) mass is 583 g/mol. The number of hydrogen-bond donors (Lipinski definition) is 1. The number of rotatable bonds is 6. The first kappa shape index (κ1) is 24.0. The van der Waals surface area contributed by atoms with Crippen molar-refractivity contribution in [2.24, 2.45) is 0 Å². The number of hydrogen-bond acceptors (Lipinski definition) is 5. The van der Waals surface area contributed by atoms with Gasteiger partial charge in [0.2, 0.25) is 4.73 Å². The van der Waals surface area contributed by atoms with Crippen molar-refractivity contribution >= 4 is 37.8 Å². The van der Waals surface area contributed by atoms with Crippen LogP contribution in [-0.4, -0.2) is 32.3 Å². The third-order valence-electron chi connectivity index (χ3n) is 3.99. The van der Waals surface area contributed by atoms with Gasteiger partial charge in [-0.1, -0.05) is 15.9 Å². The molecule has 0 saturated carbocycles. The highest BCUT2D eigenvalue weighted by Gasteiger charge is 2.32. The molecule has 1 amide bonds. The molecule has 1 aromatic carbocycles. The summed E-state index contributed by atoms with van der Waals surface area (Å²) in [6.07, 6.45) is -3.56. The quantitative estimate of drug-likeness (QED) is 0.398. The fraction of sp³-hybridized carbons (Fsp3) is 0.222. The molecule has 2 heterocycles. The van der Waals surface area contributed by atoms with Crippen LogP contribution in [-0.2, 0) is 6.18 Å². The Bertz CT molecular complexity index is 1120. The van der Waals surface area contributed by atoms with E-state index >= 15 is 0 Å². The molecule has 170 valence electrons. The smallest absolute Gasteiger partial charge is 0.416 e. The number of halogens is 7. The van der Waals surface area contributed by atoms with Gasteiger partial charge in [-0.25, -0.2) is 9.97 Å². The summed E-state index contributed by atoms with van der Waals surface area (Å²) in [5.41, 5.74) is -1.19. The van der Waals surface area contributed by atoms with Gasteiger partial charge in [-0.05, 0) is 53.2 Å². The SMILES string of the molecule is CC(NC(=O)c1cc(Br)cc(C(F)(F)F)c1)c1nc(Br)nn1-c1ccc(OC(F)F)cn1. The molecule has 0 saturated heterocycles. The number of pyridine rings is 1. The largest absolute Gasteiger partial charge is 0.433 e. The molecule has 0 fully saturated rings. The van der Waals surface area contributed by atoms with Crippen LogP contribution in [0.4, 0.5) is 22.0 Å². The summed E-state index contributed by atoms with van der Waals surface area (Å²) in [5, 5.41) is 6.65. The van der Waals surface area contributed by atoms with Crippen LogP contribution < -0.4 is 10.1 Å². The second-order valence-corrected chi connectivity index (χ2v) is 7.93. The van der Waals surface area contributed by atoms with E-state index in [1.54, 1.807) is 6.92 Å². The third-order valence-corrected chi connectivity index (χ3v) is 4.79. The predicted molar refractivity (Wildman–Crippen MR) is 109 cm³/mol. The predicted octanol–water partition coefficient (Wildman–Crippen LogP) is 5.30. The normalized spacial score (nSPS) is 12.7. The molecule has 0 spiro atoms. The van der Waals surface area contributed by atoms with Gasteiger partial charge in [-0.2, -0.15) is 26.6 Å². The topological polar surface area (TPSA) is 81.9 Å². The van der Waals surface area contributed by atoms with Crippen molar-refractivity contribution in [2.45, 2.75) is 25.8 Å². The highest BCUT2D eigenvalue weighted by atomic mass is 79.9. The lowest BCUT2D eigenvalue weighted by molar-refractivity contribution is -0.137. The maximum Gasteiger partial charge on any atom is 0.416 e. The highest BCUT2D eigenvalue weighted by Crippen LogP contribution is 2.32. The number of carbonyl (C=O) groups excluding carboxylic acids is 1. The van der Waals surface area contributed by atoms with Gasteiger partial charge < -0.3 is 10.1 Å². The number of nitrogens with zero attached hydrogens (tertiary/aromatic N) is 4. The third kappa shape index (κ3) is 5.79. The minimum Gasteiger partial charge on any atom is -0.433 e. The van der Waals surface area contributed by atoms with Gasteiger partial charge in [-0.3, -0.25) is 4.79 Å². The molecule has 0 radical (unpaired) electrons. The van der Waals surface area contributed by atoms with Gasteiger partial charge in [0, 0.05) is 10.0 Å². The fourth-order valence-electron chi connectivity index (χ4n) is 2.65. The number of nitrogens with one attached hydrogen (secondary N) is 1. The van der Waals surface area contributed by atoms with E-state index < -0.39 is 30.3 Å². The van der Waals surface area contributed by atoms with Crippen molar-refractivity contribution in [1.82, 2.24) is 25.1 Å². The van der Waals surface area contributed by atoms with Gasteiger partial charge in [-0.15, -0.1) is 5.10 Å². The Morgan fingerprint density at radius 1 is 1.19 bits per heavy atom. The second-order valence-electron chi connectivity index (χ2n) is 6.30. The van der Waals surface area contributed by atoms with Crippen molar-refractivity contribution in [3.63, 3.8) is 0 Å². The van der Waals surface area contributed by atoms with E-state index in [9.17, 15) is 26.7 Å². The Labute approximate surface area is 194 Å². The van der Waals surface area contributed by atoms with Crippen LogP contribution in [0.5, 0.6) is 5.75 Å². The summed E-state index contributed by atoms with van der Waals surface area (Å²) in [6, 6.07) is 4.63. The average Bonchev–Trinajstić information content (AvgIpc) is 3.09. The van der Waals surface area contributed by atoms with Crippen LogP contribution in [0.25, 0.3) is 5.82 Å². The highest BCUT2D eigenvalue weighted by molar-refractivity contribution is 9.10. The molecule has 1 unspecified atom stereocenters. The first-order valence-electron chi connectivity index (χ1n) is 8.66. The zero-order valence-corrected chi connectivity index (χ0v) is 19.0. The number of benzene rings is 1. The van der Waals surface area contributed by atoms with Crippen molar-refractivity contribution in [3.05, 3.63) is 62.7 Å². The Hall–Kier alpha value is -2.61. The molecule has 3 rings (SSSR count). The van der Waals surface area contributed by atoms with Crippen molar-refractivity contribution in [1.29, 1.82) is 0 Å². The fourth-order valence-corrected chi connectivity index (χ4v) is 3.48. The number of carbonyl (C=O) groups is 1. The zero-order chi connectivity index (χ0) is 23.6. The number of alkyl halides is 5. The van der Waals surface area contributed by atoms with Crippen LogP contribution in [0.2, 0.25) is 0 Å². The van der Waals surface area contributed by atoms with Crippen LogP contribution in [0.1, 0.15) is 34.7 Å². The van der Waals surface area contributed by atoms with E-state index in [0.717, 1.165) is 18.3 Å². The lowest BCUT2D eigenvalue weighted by atomic mass is 10.1. The molecule has 7 nitrogen and oxygen atoms in total. The van der Waals surface area contributed by atoms with Crippen LogP contribution in [0.15, 0.2) is 45.7 Å². The van der Waals surface area contributed by atoms with Gasteiger partial charge in [0.15, 0.2) is 11.6 Å². The molecule has 3 aromatic rings. The molecule has 1 atom stereocenters. The van der Waals surface area contributed by atoms with Gasteiger partial charge in [0.25, 0.3) is 5.91 Å². The summed E-state index contributed by atoms with van der Waals surface area (Å²) in [4.78, 5) is 20.7. The molecular formula is C18H12Br2F5N5O2. The van der Waals surface area contributed by atoms with Gasteiger partial charge in [0.05, 0.1) is 17.8 Å². The number of aromatic nitrogens is 4. The van der Waals surface area contributed by atoms with Crippen molar-refractivity contribution < 1.29 is 31.5 Å². The van der Waals surface area contributed by atoms with Crippen LogP contribution >= 0.6 is 31.9 Å². The summed E-state index contributed by atoms with van der Waals surface area (Å²) in [7, 11) is 0. The van der Waals surface area contributed by atoms with Gasteiger partial charge in [0.1, 0.15) is 5.75 Å². The minimum absolute atomic E-state index is 0.0892. The van der Waals surface area contributed by atoms with Crippen molar-refractivity contribution in [3.8, 4) is 11.6 Å². The first-order valence-corrected chi connectivity index (χ1v) is 10.2. The lowest BCUT2D eigenvalue weighted by Gasteiger charge is -2.15. The number of amides is 1. The lowest BCUT2D eigenvalue weighted by Crippen LogP contribution is -2.29. The van der Waals surface area contributed by atoms with E-state index in [1.165, 1.54) is 22.9 Å². The van der Waals surface area contributed by atoms with E-state index in [4.69, 9.17) is 0 Å². The molecule has 0 aliphatic rings. The van der Waals surface area contributed by atoms with Crippen molar-refractivity contribution in [2.75, 3.05) is 0 Å². The maximum atomic E-state index is 13.0. The maximum absolute atomic E-state index is 13.0. The Morgan fingerprint density at radius 3 is 2.50 bits per heavy atom. The van der Waals surface area contributed by atoms with Gasteiger partial charge >= 0.3 is 12.8 Å². The molecule has 14 heteroatoms. The average molecular weight is 585 g/mol. The Balaban J connectivity index is 1.84. The zero-order valence-electron chi connectivity index (χ0n) is 15.9. The molecule has 0 bridgehead atoms. The first-order chi connectivity index (χ1) is 14.9. The second kappa shape index (κ2) is 9.48.